The predicted octanol–water partition coefficient (Wildman–Crippen LogP) is 2.66. The molecule has 0 heterocycles. The highest BCUT2D eigenvalue weighted by Crippen LogP contribution is 2.28. The van der Waals surface area contributed by atoms with Crippen LogP contribution in [0.5, 0.6) is 5.75 Å². The van der Waals surface area contributed by atoms with Gasteiger partial charge >= 0.3 is 0 Å². The lowest BCUT2D eigenvalue weighted by molar-refractivity contribution is -0.119. The average molecular weight is 362 g/mol. The highest BCUT2D eigenvalue weighted by molar-refractivity contribution is 7.88. The molecule has 0 bridgehead atoms. The molecular weight excluding hydrogens is 340 g/mol. The Hall–Kier alpha value is -2.38. The Labute approximate surface area is 148 Å². The van der Waals surface area contributed by atoms with Crippen LogP contribution >= 0.6 is 0 Å². The van der Waals surface area contributed by atoms with Crippen LogP contribution in [0.4, 0.5) is 5.69 Å². The number of hydrogen-bond acceptors (Lipinski definition) is 4. The van der Waals surface area contributed by atoms with E-state index in [0.29, 0.717) is 23.6 Å². The minimum Gasteiger partial charge on any atom is -0.492 e. The van der Waals surface area contributed by atoms with Crippen molar-refractivity contribution >= 4 is 21.6 Å². The largest absolute Gasteiger partial charge is 0.492 e. The molecule has 0 radical (unpaired) electrons. The van der Waals surface area contributed by atoms with Crippen LogP contribution in [0.15, 0.2) is 54.6 Å². The molecule has 2 aromatic rings. The van der Waals surface area contributed by atoms with Crippen molar-refractivity contribution in [3.8, 4) is 5.75 Å². The number of para-hydroxylation sites is 2. The van der Waals surface area contributed by atoms with E-state index in [4.69, 9.17) is 4.74 Å². The van der Waals surface area contributed by atoms with Crippen molar-refractivity contribution < 1.29 is 17.9 Å². The summed E-state index contributed by atoms with van der Waals surface area (Å²) in [7, 11) is -2.18. The molecule has 134 valence electrons. The molecule has 0 aliphatic heterocycles. The number of rotatable bonds is 7. The second-order valence-electron chi connectivity index (χ2n) is 5.51. The summed E-state index contributed by atoms with van der Waals surface area (Å²) in [4.78, 5) is 12.9. The quantitative estimate of drug-likeness (QED) is 0.822. The lowest BCUT2D eigenvalue weighted by atomic mass is 10.1. The van der Waals surface area contributed by atoms with Gasteiger partial charge in [-0.15, -0.1) is 0 Å². The minimum atomic E-state index is -3.57. The van der Waals surface area contributed by atoms with Crippen molar-refractivity contribution in [3.63, 3.8) is 0 Å². The van der Waals surface area contributed by atoms with E-state index in [1.807, 2.05) is 13.0 Å². The molecule has 1 N–H and O–H groups in total. The minimum absolute atomic E-state index is 0.453. The van der Waals surface area contributed by atoms with E-state index in [1.54, 1.807) is 48.5 Å². The normalized spacial score (nSPS) is 12.6. The Morgan fingerprint density at radius 3 is 2.32 bits per heavy atom. The van der Waals surface area contributed by atoms with Gasteiger partial charge in [-0.05, 0) is 24.6 Å². The molecular formula is C18H22N2O4S. The standard InChI is InChI=1S/C18H22N2O4S/c1-4-24-16-13-9-8-12-15(16)19-18(21)17(20(2)25(3,22)23)14-10-6-5-7-11-14/h5-13,17H,4H2,1-3H3,(H,19,21)/t17-/m0/s1. The lowest BCUT2D eigenvalue weighted by Gasteiger charge is -2.26. The number of carbonyl (C=O) groups is 1. The van der Waals surface area contributed by atoms with Gasteiger partial charge in [-0.3, -0.25) is 4.79 Å². The molecule has 2 aromatic carbocycles. The Balaban J connectivity index is 2.37. The van der Waals surface area contributed by atoms with E-state index in [2.05, 4.69) is 5.32 Å². The Morgan fingerprint density at radius 2 is 1.72 bits per heavy atom. The van der Waals surface area contributed by atoms with E-state index in [0.717, 1.165) is 10.6 Å². The van der Waals surface area contributed by atoms with Gasteiger partial charge in [0.05, 0.1) is 18.6 Å². The molecule has 1 amide bonds. The number of nitrogens with one attached hydrogen (secondary N) is 1. The van der Waals surface area contributed by atoms with E-state index in [-0.39, 0.29) is 0 Å². The first kappa shape index (κ1) is 19.0. The van der Waals surface area contributed by atoms with Gasteiger partial charge in [-0.25, -0.2) is 8.42 Å². The van der Waals surface area contributed by atoms with Gasteiger partial charge in [0.1, 0.15) is 11.8 Å². The number of nitrogens with zero attached hydrogens (tertiary/aromatic N) is 1. The summed E-state index contributed by atoms with van der Waals surface area (Å²) in [5.41, 5.74) is 1.08. The summed E-state index contributed by atoms with van der Waals surface area (Å²) in [6.07, 6.45) is 1.07. The summed E-state index contributed by atoms with van der Waals surface area (Å²) in [6.45, 7) is 2.31. The van der Waals surface area contributed by atoms with Gasteiger partial charge in [0, 0.05) is 7.05 Å². The van der Waals surface area contributed by atoms with E-state index in [1.165, 1.54) is 7.05 Å². The highest BCUT2D eigenvalue weighted by Gasteiger charge is 2.31. The number of amides is 1. The molecule has 6 nitrogen and oxygen atoms in total. The zero-order valence-corrected chi connectivity index (χ0v) is 15.3. The van der Waals surface area contributed by atoms with Gasteiger partial charge < -0.3 is 10.1 Å². The number of benzene rings is 2. The molecule has 0 saturated carbocycles. The summed E-state index contributed by atoms with van der Waals surface area (Å²) < 4.78 is 30.5. The summed E-state index contributed by atoms with van der Waals surface area (Å²) in [6, 6.07) is 14.8. The molecule has 7 heteroatoms. The van der Waals surface area contributed by atoms with E-state index in [9.17, 15) is 13.2 Å². The van der Waals surface area contributed by atoms with Crippen molar-refractivity contribution in [1.29, 1.82) is 0 Å². The summed E-state index contributed by atoms with van der Waals surface area (Å²) in [5, 5.41) is 2.78. The molecule has 0 aliphatic rings. The number of sulfonamides is 1. The average Bonchev–Trinajstić information content (AvgIpc) is 2.57. The van der Waals surface area contributed by atoms with Crippen LogP contribution in [0.2, 0.25) is 0 Å². The monoisotopic (exact) mass is 362 g/mol. The van der Waals surface area contributed by atoms with E-state index < -0.39 is 22.0 Å². The summed E-state index contributed by atoms with van der Waals surface area (Å²) >= 11 is 0. The number of anilines is 1. The summed E-state index contributed by atoms with van der Waals surface area (Å²) in [5.74, 6) is 0.0819. The number of hydrogen-bond donors (Lipinski definition) is 1. The zero-order valence-electron chi connectivity index (χ0n) is 14.5. The number of carbonyl (C=O) groups excluding carboxylic acids is 1. The van der Waals surface area contributed by atoms with Crippen LogP contribution in [0.1, 0.15) is 18.5 Å². The lowest BCUT2D eigenvalue weighted by Crippen LogP contribution is -2.38. The molecule has 0 spiro atoms. The molecule has 0 aromatic heterocycles. The van der Waals surface area contributed by atoms with Crippen LogP contribution in [0.3, 0.4) is 0 Å². The molecule has 2 rings (SSSR count). The highest BCUT2D eigenvalue weighted by atomic mass is 32.2. The predicted molar refractivity (Wildman–Crippen MR) is 98.0 cm³/mol. The topological polar surface area (TPSA) is 75.7 Å². The maximum Gasteiger partial charge on any atom is 0.247 e. The maximum atomic E-state index is 12.9. The van der Waals surface area contributed by atoms with Crippen molar-refractivity contribution in [2.24, 2.45) is 0 Å². The number of likely N-dealkylation sites (N-methyl/N-ethyl adjacent to an activating group) is 1. The number of ether oxygens (including phenoxy) is 1. The van der Waals surface area contributed by atoms with Gasteiger partial charge in [-0.1, -0.05) is 42.5 Å². The molecule has 25 heavy (non-hydrogen) atoms. The first-order valence-corrected chi connectivity index (χ1v) is 9.70. The SMILES string of the molecule is CCOc1ccccc1NC(=O)[C@H](c1ccccc1)N(C)S(C)(=O)=O. The van der Waals surface area contributed by atoms with Gasteiger partial charge in [0.15, 0.2) is 0 Å². The van der Waals surface area contributed by atoms with Crippen molar-refractivity contribution in [2.45, 2.75) is 13.0 Å². The third-order valence-electron chi connectivity index (χ3n) is 3.70. The van der Waals surface area contributed by atoms with Crippen LogP contribution in [0.25, 0.3) is 0 Å². The zero-order chi connectivity index (χ0) is 18.4. The Morgan fingerprint density at radius 1 is 1.12 bits per heavy atom. The second-order valence-corrected chi connectivity index (χ2v) is 7.55. The van der Waals surface area contributed by atoms with Gasteiger partial charge in [-0.2, -0.15) is 4.31 Å². The molecule has 0 unspecified atom stereocenters. The smallest absolute Gasteiger partial charge is 0.247 e. The van der Waals surface area contributed by atoms with Crippen LogP contribution < -0.4 is 10.1 Å². The third-order valence-corrected chi connectivity index (χ3v) is 4.95. The molecule has 0 aliphatic carbocycles. The van der Waals surface area contributed by atoms with Gasteiger partial charge in [0.25, 0.3) is 0 Å². The second kappa shape index (κ2) is 8.13. The van der Waals surface area contributed by atoms with Crippen LogP contribution in [-0.2, 0) is 14.8 Å². The molecule has 1 atom stereocenters. The Kier molecular flexibility index (Phi) is 6.17. The van der Waals surface area contributed by atoms with E-state index >= 15 is 0 Å². The first-order valence-electron chi connectivity index (χ1n) is 7.85. The molecule has 0 saturated heterocycles. The fourth-order valence-corrected chi connectivity index (χ4v) is 3.01. The first-order chi connectivity index (χ1) is 11.8. The van der Waals surface area contributed by atoms with Gasteiger partial charge in [0.2, 0.25) is 15.9 Å². The molecule has 0 fully saturated rings. The Bertz CT molecular complexity index is 822. The van der Waals surface area contributed by atoms with Crippen molar-refractivity contribution in [3.05, 3.63) is 60.2 Å². The third kappa shape index (κ3) is 4.80. The van der Waals surface area contributed by atoms with Crippen molar-refractivity contribution in [1.82, 2.24) is 4.31 Å². The maximum absolute atomic E-state index is 12.9. The van der Waals surface area contributed by atoms with Crippen LogP contribution in [0, 0.1) is 0 Å². The van der Waals surface area contributed by atoms with Crippen LogP contribution in [-0.4, -0.2) is 38.5 Å². The van der Waals surface area contributed by atoms with Crippen molar-refractivity contribution in [2.75, 3.05) is 25.2 Å². The fourth-order valence-electron chi connectivity index (χ4n) is 2.41. The fraction of sp³-hybridized carbons (Fsp3) is 0.278.